The molecule has 1 aromatic heterocycles. The van der Waals surface area contributed by atoms with E-state index in [0.29, 0.717) is 24.9 Å². The van der Waals surface area contributed by atoms with E-state index in [1.165, 1.54) is 11.1 Å². The molecule has 0 fully saturated rings. The van der Waals surface area contributed by atoms with Crippen LogP contribution in [0, 0.1) is 6.92 Å². The Bertz CT molecular complexity index is 696. The van der Waals surface area contributed by atoms with Crippen molar-refractivity contribution in [1.29, 1.82) is 0 Å². The molecule has 0 aliphatic rings. The molecule has 2 aromatic rings. The molecule has 0 bridgehead atoms. The van der Waals surface area contributed by atoms with E-state index in [-0.39, 0.29) is 6.10 Å². The van der Waals surface area contributed by atoms with Crippen LogP contribution >= 0.6 is 0 Å². The Morgan fingerprint density at radius 2 is 2.04 bits per heavy atom. The largest absolute Gasteiger partial charge is 0.371 e. The second kappa shape index (κ2) is 9.91. The van der Waals surface area contributed by atoms with Crippen LogP contribution in [-0.4, -0.2) is 41.2 Å². The van der Waals surface area contributed by atoms with Crippen LogP contribution in [0.25, 0.3) is 0 Å². The third-order valence-corrected chi connectivity index (χ3v) is 3.86. The number of guanidine groups is 1. The number of nitrogens with one attached hydrogen (secondary N) is 1. The molecule has 1 heterocycles. The minimum atomic E-state index is -0.182. The maximum Gasteiger partial charge on any atom is 0.248 e. The number of nitrogens with zero attached hydrogens (tertiary/aromatic N) is 4. The van der Waals surface area contributed by atoms with E-state index in [1.807, 2.05) is 27.8 Å². The first-order valence-corrected chi connectivity index (χ1v) is 9.02. The van der Waals surface area contributed by atoms with Gasteiger partial charge < -0.3 is 19.5 Å². The van der Waals surface area contributed by atoms with E-state index in [9.17, 15) is 0 Å². The number of hydrogen-bond acceptors (Lipinski definition) is 5. The van der Waals surface area contributed by atoms with Gasteiger partial charge in [-0.05, 0) is 33.3 Å². The van der Waals surface area contributed by atoms with E-state index in [4.69, 9.17) is 9.26 Å². The van der Waals surface area contributed by atoms with Gasteiger partial charge in [-0.2, -0.15) is 4.98 Å². The highest BCUT2D eigenvalue weighted by Gasteiger charge is 2.14. The van der Waals surface area contributed by atoms with Gasteiger partial charge in [0.15, 0.2) is 11.8 Å². The first-order valence-electron chi connectivity index (χ1n) is 9.02. The number of hydrogen-bond donors (Lipinski definition) is 1. The zero-order chi connectivity index (χ0) is 18.9. The third kappa shape index (κ3) is 5.84. The summed E-state index contributed by atoms with van der Waals surface area (Å²) in [7, 11) is 2.01. The molecule has 0 saturated heterocycles. The van der Waals surface area contributed by atoms with Crippen LogP contribution in [0.2, 0.25) is 0 Å². The van der Waals surface area contributed by atoms with Gasteiger partial charge in [-0.25, -0.2) is 4.99 Å². The normalized spacial score (nSPS) is 12.9. The van der Waals surface area contributed by atoms with Crippen LogP contribution in [0.5, 0.6) is 0 Å². The molecule has 0 saturated carbocycles. The minimum Gasteiger partial charge on any atom is -0.371 e. The fraction of sp³-hybridized carbons (Fsp3) is 0.526. The number of aromatic nitrogens is 2. The molecular formula is C19H29N5O2. The highest BCUT2D eigenvalue weighted by molar-refractivity contribution is 5.79. The fourth-order valence-corrected chi connectivity index (χ4v) is 2.48. The Labute approximate surface area is 155 Å². The van der Waals surface area contributed by atoms with E-state index in [0.717, 1.165) is 19.0 Å². The number of aliphatic imine (C=N–C) groups is 1. The van der Waals surface area contributed by atoms with Crippen molar-refractivity contribution in [2.75, 3.05) is 20.2 Å². The molecule has 7 heteroatoms. The van der Waals surface area contributed by atoms with Crippen molar-refractivity contribution >= 4 is 5.96 Å². The topological polar surface area (TPSA) is 75.8 Å². The summed E-state index contributed by atoms with van der Waals surface area (Å²) in [6, 6.07) is 8.50. The van der Waals surface area contributed by atoms with Gasteiger partial charge in [-0.3, -0.25) is 0 Å². The monoisotopic (exact) mass is 359 g/mol. The summed E-state index contributed by atoms with van der Waals surface area (Å²) in [4.78, 5) is 11.0. The smallest absolute Gasteiger partial charge is 0.248 e. The maximum atomic E-state index is 5.48. The van der Waals surface area contributed by atoms with Crippen molar-refractivity contribution in [3.63, 3.8) is 0 Å². The summed E-state index contributed by atoms with van der Waals surface area (Å²) in [6.07, 6.45) is -0.182. The zero-order valence-electron chi connectivity index (χ0n) is 16.3. The molecule has 0 aliphatic heterocycles. The minimum absolute atomic E-state index is 0.182. The number of aryl methyl sites for hydroxylation is 1. The van der Waals surface area contributed by atoms with Crippen molar-refractivity contribution in [2.45, 2.75) is 46.9 Å². The first-order chi connectivity index (χ1) is 12.5. The van der Waals surface area contributed by atoms with Gasteiger partial charge in [0.05, 0.1) is 0 Å². The van der Waals surface area contributed by atoms with E-state index >= 15 is 0 Å². The number of ether oxygens (including phenoxy) is 1. The molecule has 0 radical (unpaired) electrons. The number of rotatable bonds is 8. The predicted molar refractivity (Wildman–Crippen MR) is 102 cm³/mol. The third-order valence-electron chi connectivity index (χ3n) is 3.86. The van der Waals surface area contributed by atoms with E-state index < -0.39 is 0 Å². The molecule has 1 N–H and O–H groups in total. The second-order valence-electron chi connectivity index (χ2n) is 6.16. The van der Waals surface area contributed by atoms with Crippen LogP contribution in [-0.2, 0) is 17.8 Å². The molecule has 0 amide bonds. The van der Waals surface area contributed by atoms with Gasteiger partial charge in [0.25, 0.3) is 0 Å². The Morgan fingerprint density at radius 3 is 2.69 bits per heavy atom. The highest BCUT2D eigenvalue weighted by atomic mass is 16.5. The van der Waals surface area contributed by atoms with Crippen LogP contribution in [0.1, 0.15) is 49.7 Å². The fourth-order valence-electron chi connectivity index (χ4n) is 2.48. The number of benzene rings is 1. The summed E-state index contributed by atoms with van der Waals surface area (Å²) < 4.78 is 10.8. The van der Waals surface area contributed by atoms with Gasteiger partial charge in [0, 0.05) is 26.7 Å². The molecule has 0 spiro atoms. The standard InChI is InChI=1S/C19H29N5O2/c1-6-20-19(24(5)13-16-10-8-14(3)9-11-16)21-12-17-22-18(23-26-17)15(4)25-7-2/h8-11,15H,6-7,12-13H2,1-5H3,(H,20,21). The zero-order valence-corrected chi connectivity index (χ0v) is 16.3. The van der Waals surface area contributed by atoms with Gasteiger partial charge in [0.2, 0.25) is 5.89 Å². The lowest BCUT2D eigenvalue weighted by atomic mass is 10.1. The van der Waals surface area contributed by atoms with Gasteiger partial charge in [-0.15, -0.1) is 0 Å². The second-order valence-corrected chi connectivity index (χ2v) is 6.16. The lowest BCUT2D eigenvalue weighted by Crippen LogP contribution is -2.38. The van der Waals surface area contributed by atoms with Crippen molar-refractivity contribution in [3.05, 3.63) is 47.1 Å². The summed E-state index contributed by atoms with van der Waals surface area (Å²) in [5, 5.41) is 7.26. The molecular weight excluding hydrogens is 330 g/mol. The summed E-state index contributed by atoms with van der Waals surface area (Å²) in [5.74, 6) is 1.83. The SMILES string of the molecule is CCNC(=NCc1nc(C(C)OCC)no1)N(C)Cc1ccc(C)cc1. The van der Waals surface area contributed by atoms with Gasteiger partial charge in [0.1, 0.15) is 12.6 Å². The van der Waals surface area contributed by atoms with Crippen molar-refractivity contribution in [1.82, 2.24) is 20.4 Å². The first kappa shape index (κ1) is 19.9. The quantitative estimate of drug-likeness (QED) is 0.577. The molecule has 2 rings (SSSR count). The molecule has 1 atom stereocenters. The van der Waals surface area contributed by atoms with Crippen LogP contribution in [0.4, 0.5) is 0 Å². The average molecular weight is 359 g/mol. The van der Waals surface area contributed by atoms with E-state index in [1.54, 1.807) is 0 Å². The Hall–Kier alpha value is -2.41. The Balaban J connectivity index is 2.02. The molecule has 142 valence electrons. The highest BCUT2D eigenvalue weighted by Crippen LogP contribution is 2.13. The molecule has 26 heavy (non-hydrogen) atoms. The van der Waals surface area contributed by atoms with E-state index in [2.05, 4.69) is 56.5 Å². The Morgan fingerprint density at radius 1 is 1.31 bits per heavy atom. The molecule has 1 unspecified atom stereocenters. The van der Waals surface area contributed by atoms with Gasteiger partial charge in [-0.1, -0.05) is 35.0 Å². The summed E-state index contributed by atoms with van der Waals surface area (Å²) in [5.41, 5.74) is 2.49. The predicted octanol–water partition coefficient (Wildman–Crippen LogP) is 3.07. The van der Waals surface area contributed by atoms with Crippen LogP contribution in [0.3, 0.4) is 0 Å². The summed E-state index contributed by atoms with van der Waals surface area (Å²) >= 11 is 0. The lowest BCUT2D eigenvalue weighted by molar-refractivity contribution is 0.0683. The van der Waals surface area contributed by atoms with Crippen molar-refractivity contribution < 1.29 is 9.26 Å². The molecule has 7 nitrogen and oxygen atoms in total. The average Bonchev–Trinajstić information content (AvgIpc) is 3.10. The summed E-state index contributed by atoms with van der Waals surface area (Å²) in [6.45, 7) is 10.5. The van der Waals surface area contributed by atoms with Crippen molar-refractivity contribution in [2.24, 2.45) is 4.99 Å². The molecule has 1 aromatic carbocycles. The molecule has 0 aliphatic carbocycles. The lowest BCUT2D eigenvalue weighted by Gasteiger charge is -2.22. The van der Waals surface area contributed by atoms with Crippen molar-refractivity contribution in [3.8, 4) is 0 Å². The maximum absolute atomic E-state index is 5.48. The van der Waals surface area contributed by atoms with Gasteiger partial charge >= 0.3 is 0 Å². The Kier molecular flexibility index (Phi) is 7.59. The van der Waals surface area contributed by atoms with Crippen LogP contribution < -0.4 is 5.32 Å². The van der Waals surface area contributed by atoms with Crippen LogP contribution in [0.15, 0.2) is 33.8 Å².